The molecule has 1 heterocycles. The number of nitrogens with zero attached hydrogens (tertiary/aromatic N) is 1. The minimum absolute atomic E-state index is 0. The first-order valence-corrected chi connectivity index (χ1v) is 8.00. The summed E-state index contributed by atoms with van der Waals surface area (Å²) < 4.78 is 5.16. The first-order valence-electron chi connectivity index (χ1n) is 8.00. The number of amides is 1. The number of ether oxygens (including phenoxy) is 1. The van der Waals surface area contributed by atoms with Crippen molar-refractivity contribution in [3.05, 3.63) is 59.7 Å². The highest BCUT2D eigenvalue weighted by Gasteiger charge is 2.20. The maximum absolute atomic E-state index is 12.7. The molecule has 2 aromatic carbocycles. The Morgan fingerprint density at radius 2 is 1.92 bits per heavy atom. The third-order valence-electron chi connectivity index (χ3n) is 4.20. The van der Waals surface area contributed by atoms with Gasteiger partial charge in [0.05, 0.1) is 7.11 Å². The van der Waals surface area contributed by atoms with E-state index in [0.29, 0.717) is 6.42 Å². The van der Waals surface area contributed by atoms with Gasteiger partial charge in [-0.2, -0.15) is 0 Å². The molecule has 4 nitrogen and oxygen atoms in total. The van der Waals surface area contributed by atoms with E-state index < -0.39 is 0 Å². The van der Waals surface area contributed by atoms with Crippen molar-refractivity contribution in [2.45, 2.75) is 19.4 Å². The molecule has 0 bridgehead atoms. The summed E-state index contributed by atoms with van der Waals surface area (Å²) in [7, 11) is 1.66. The molecule has 5 heteroatoms. The highest BCUT2D eigenvalue weighted by atomic mass is 35.5. The zero-order valence-electron chi connectivity index (χ0n) is 13.8. The van der Waals surface area contributed by atoms with Gasteiger partial charge in [0.1, 0.15) is 5.75 Å². The lowest BCUT2D eigenvalue weighted by Crippen LogP contribution is -2.34. The summed E-state index contributed by atoms with van der Waals surface area (Å²) in [6, 6.07) is 16.0. The number of carbonyl (C=O) groups excluding carboxylic acids is 1. The summed E-state index contributed by atoms with van der Waals surface area (Å²) in [5.74, 6) is 1.02. The van der Waals surface area contributed by atoms with Crippen LogP contribution in [-0.2, 0) is 17.8 Å². The molecule has 0 aliphatic carbocycles. The Balaban J connectivity index is 0.00000208. The van der Waals surface area contributed by atoms with Crippen LogP contribution in [0, 0.1) is 0 Å². The Morgan fingerprint density at radius 1 is 1.17 bits per heavy atom. The second kappa shape index (κ2) is 8.71. The van der Waals surface area contributed by atoms with Gasteiger partial charge in [-0.15, -0.1) is 12.4 Å². The number of rotatable bonds is 4. The van der Waals surface area contributed by atoms with Gasteiger partial charge in [0, 0.05) is 31.7 Å². The quantitative estimate of drug-likeness (QED) is 0.924. The molecule has 0 fully saturated rings. The van der Waals surface area contributed by atoms with Crippen LogP contribution in [0.2, 0.25) is 0 Å². The van der Waals surface area contributed by atoms with Crippen molar-refractivity contribution in [3.63, 3.8) is 0 Å². The number of nitrogens with one attached hydrogen (secondary N) is 1. The van der Waals surface area contributed by atoms with E-state index >= 15 is 0 Å². The number of halogens is 1. The van der Waals surface area contributed by atoms with Crippen LogP contribution >= 0.6 is 12.4 Å². The van der Waals surface area contributed by atoms with E-state index in [-0.39, 0.29) is 18.3 Å². The second-order valence-electron chi connectivity index (χ2n) is 5.70. The SMILES string of the molecule is COc1ccc(CCC(=O)N2CCNCc3ccccc32)cc1.Cl. The Kier molecular flexibility index (Phi) is 6.64. The zero-order valence-corrected chi connectivity index (χ0v) is 14.6. The summed E-state index contributed by atoms with van der Waals surface area (Å²) in [5, 5.41) is 3.37. The van der Waals surface area contributed by atoms with Crippen molar-refractivity contribution in [2.75, 3.05) is 25.1 Å². The Morgan fingerprint density at radius 3 is 2.67 bits per heavy atom. The van der Waals surface area contributed by atoms with Crippen LogP contribution in [0.4, 0.5) is 5.69 Å². The predicted octanol–water partition coefficient (Wildman–Crippen LogP) is 3.19. The smallest absolute Gasteiger partial charge is 0.227 e. The van der Waals surface area contributed by atoms with Crippen LogP contribution in [0.15, 0.2) is 48.5 Å². The molecule has 0 saturated carbocycles. The van der Waals surface area contributed by atoms with Gasteiger partial charge in [-0.05, 0) is 35.7 Å². The number of methoxy groups -OCH3 is 1. The number of carbonyl (C=O) groups is 1. The predicted molar refractivity (Wildman–Crippen MR) is 99.1 cm³/mol. The lowest BCUT2D eigenvalue weighted by atomic mass is 10.1. The number of fused-ring (bicyclic) bond motifs is 1. The lowest BCUT2D eigenvalue weighted by molar-refractivity contribution is -0.118. The first-order chi connectivity index (χ1) is 11.3. The molecule has 128 valence electrons. The van der Waals surface area contributed by atoms with Crippen molar-refractivity contribution in [3.8, 4) is 5.75 Å². The molecule has 0 aromatic heterocycles. The molecule has 1 N–H and O–H groups in total. The van der Waals surface area contributed by atoms with Gasteiger partial charge in [-0.25, -0.2) is 0 Å². The summed E-state index contributed by atoms with van der Waals surface area (Å²) >= 11 is 0. The van der Waals surface area contributed by atoms with E-state index in [1.54, 1.807) is 7.11 Å². The van der Waals surface area contributed by atoms with Crippen LogP contribution in [0.5, 0.6) is 5.75 Å². The molecular formula is C19H23ClN2O2. The maximum atomic E-state index is 12.7. The monoisotopic (exact) mass is 346 g/mol. The van der Waals surface area contributed by atoms with Crippen LogP contribution in [-0.4, -0.2) is 26.1 Å². The minimum Gasteiger partial charge on any atom is -0.497 e. The number of anilines is 1. The van der Waals surface area contributed by atoms with Crippen molar-refractivity contribution in [1.82, 2.24) is 5.32 Å². The van der Waals surface area contributed by atoms with Crippen molar-refractivity contribution in [1.29, 1.82) is 0 Å². The molecule has 0 unspecified atom stereocenters. The fourth-order valence-electron chi connectivity index (χ4n) is 2.90. The summed E-state index contributed by atoms with van der Waals surface area (Å²) in [4.78, 5) is 14.6. The number of aryl methyl sites for hydroxylation is 1. The van der Waals surface area contributed by atoms with E-state index in [4.69, 9.17) is 4.74 Å². The van der Waals surface area contributed by atoms with Crippen LogP contribution in [0.25, 0.3) is 0 Å². The summed E-state index contributed by atoms with van der Waals surface area (Å²) in [5.41, 5.74) is 3.38. The highest BCUT2D eigenvalue weighted by Crippen LogP contribution is 2.23. The minimum atomic E-state index is 0. The molecule has 1 amide bonds. The largest absolute Gasteiger partial charge is 0.497 e. The summed E-state index contributed by atoms with van der Waals surface area (Å²) in [6.07, 6.45) is 1.26. The van der Waals surface area contributed by atoms with E-state index in [2.05, 4.69) is 11.4 Å². The van der Waals surface area contributed by atoms with E-state index in [1.165, 1.54) is 5.56 Å². The van der Waals surface area contributed by atoms with Gasteiger partial charge in [0.25, 0.3) is 0 Å². The van der Waals surface area contributed by atoms with E-state index in [1.807, 2.05) is 47.4 Å². The number of hydrogen-bond donors (Lipinski definition) is 1. The molecule has 3 rings (SSSR count). The van der Waals surface area contributed by atoms with Crippen LogP contribution in [0.1, 0.15) is 17.5 Å². The van der Waals surface area contributed by atoms with E-state index in [0.717, 1.165) is 43.1 Å². The average Bonchev–Trinajstić information content (AvgIpc) is 2.82. The molecule has 0 atom stereocenters. The van der Waals surface area contributed by atoms with Gasteiger partial charge in [0.15, 0.2) is 0 Å². The maximum Gasteiger partial charge on any atom is 0.227 e. The normalized spacial score (nSPS) is 13.5. The van der Waals surface area contributed by atoms with Crippen LogP contribution < -0.4 is 15.0 Å². The molecule has 0 saturated heterocycles. The fraction of sp³-hybridized carbons (Fsp3) is 0.316. The number of para-hydroxylation sites is 1. The van der Waals surface area contributed by atoms with Gasteiger partial charge in [-0.1, -0.05) is 30.3 Å². The molecule has 0 radical (unpaired) electrons. The van der Waals surface area contributed by atoms with Crippen LogP contribution in [0.3, 0.4) is 0 Å². The van der Waals surface area contributed by atoms with Crippen molar-refractivity contribution >= 4 is 24.0 Å². The molecular weight excluding hydrogens is 324 g/mol. The Labute approximate surface area is 149 Å². The molecule has 1 aliphatic rings. The third-order valence-corrected chi connectivity index (χ3v) is 4.20. The molecule has 24 heavy (non-hydrogen) atoms. The second-order valence-corrected chi connectivity index (χ2v) is 5.70. The van der Waals surface area contributed by atoms with Gasteiger partial charge < -0.3 is 15.0 Å². The molecule has 0 spiro atoms. The Hall–Kier alpha value is -2.04. The lowest BCUT2D eigenvalue weighted by Gasteiger charge is -2.22. The Bertz CT molecular complexity index is 673. The van der Waals surface area contributed by atoms with Gasteiger partial charge in [-0.3, -0.25) is 4.79 Å². The zero-order chi connectivity index (χ0) is 16.1. The topological polar surface area (TPSA) is 41.6 Å². The van der Waals surface area contributed by atoms with Gasteiger partial charge in [0.2, 0.25) is 5.91 Å². The standard InChI is InChI=1S/C19H22N2O2.ClH/c1-23-17-9-6-15(7-10-17)8-11-19(22)21-13-12-20-14-16-4-2-3-5-18(16)21;/h2-7,9-10,20H,8,11-14H2,1H3;1H. The van der Waals surface area contributed by atoms with E-state index in [9.17, 15) is 4.79 Å². The summed E-state index contributed by atoms with van der Waals surface area (Å²) in [6.45, 7) is 2.36. The van der Waals surface area contributed by atoms with Gasteiger partial charge >= 0.3 is 0 Å². The first kappa shape index (κ1) is 18.3. The third kappa shape index (κ3) is 4.28. The fourth-order valence-corrected chi connectivity index (χ4v) is 2.90. The molecule has 2 aromatic rings. The number of benzene rings is 2. The average molecular weight is 347 g/mol. The van der Waals surface area contributed by atoms with Crippen molar-refractivity contribution < 1.29 is 9.53 Å². The highest BCUT2D eigenvalue weighted by molar-refractivity contribution is 5.94. The van der Waals surface area contributed by atoms with Crippen molar-refractivity contribution in [2.24, 2.45) is 0 Å². The number of hydrogen-bond acceptors (Lipinski definition) is 3. The molecule has 1 aliphatic heterocycles.